The second kappa shape index (κ2) is 7.04. The Hall–Kier alpha value is -3.02. The maximum atomic E-state index is 12.0. The minimum atomic E-state index is -0.398. The van der Waals surface area contributed by atoms with Crippen LogP contribution in [-0.2, 0) is 4.79 Å². The van der Waals surface area contributed by atoms with Crippen LogP contribution in [0.2, 0.25) is 0 Å². The van der Waals surface area contributed by atoms with E-state index in [4.69, 9.17) is 0 Å². The summed E-state index contributed by atoms with van der Waals surface area (Å²) in [5, 5.41) is 6.88. The van der Waals surface area contributed by atoms with Crippen LogP contribution in [0.1, 0.15) is 13.8 Å². The van der Waals surface area contributed by atoms with Crippen molar-refractivity contribution in [3.63, 3.8) is 0 Å². The van der Waals surface area contributed by atoms with Gasteiger partial charge in [0.25, 0.3) is 0 Å². The molecule has 2 N–H and O–H groups in total. The molecular formula is C18H19N5O. The maximum Gasteiger partial charge on any atom is 0.242 e. The standard InChI is InChI=1S/C18H19N5O/c1-3-20-18(24)12(2)21-17-14-8-4-5-9-15(14)22-16(23-17)13-7-6-10-19-11-13/h4-12H,3H2,1-2H3,(H,20,24)(H,21,22,23)/t12-/m1/s1. The van der Waals surface area contributed by atoms with Gasteiger partial charge in [-0.25, -0.2) is 9.97 Å². The van der Waals surface area contributed by atoms with E-state index in [1.165, 1.54) is 0 Å². The summed E-state index contributed by atoms with van der Waals surface area (Å²) >= 11 is 0. The Morgan fingerprint density at radius 2 is 2.00 bits per heavy atom. The Morgan fingerprint density at radius 1 is 1.17 bits per heavy atom. The van der Waals surface area contributed by atoms with Crippen molar-refractivity contribution >= 4 is 22.6 Å². The number of pyridine rings is 1. The molecule has 1 atom stereocenters. The smallest absolute Gasteiger partial charge is 0.242 e. The minimum absolute atomic E-state index is 0.0666. The molecule has 0 spiro atoms. The first-order valence-electron chi connectivity index (χ1n) is 7.90. The fourth-order valence-corrected chi connectivity index (χ4v) is 2.41. The third-order valence-corrected chi connectivity index (χ3v) is 3.62. The zero-order valence-corrected chi connectivity index (χ0v) is 13.7. The molecule has 0 aliphatic rings. The molecule has 0 saturated heterocycles. The number of carbonyl (C=O) groups excluding carboxylic acids is 1. The molecule has 3 aromatic rings. The van der Waals surface area contributed by atoms with Crippen molar-refractivity contribution in [2.75, 3.05) is 11.9 Å². The van der Waals surface area contributed by atoms with Crippen LogP contribution in [0.3, 0.4) is 0 Å². The average Bonchev–Trinajstić information content (AvgIpc) is 2.62. The molecule has 3 rings (SSSR count). The second-order valence-corrected chi connectivity index (χ2v) is 5.42. The van der Waals surface area contributed by atoms with E-state index in [9.17, 15) is 4.79 Å². The van der Waals surface area contributed by atoms with Gasteiger partial charge >= 0.3 is 0 Å². The van der Waals surface area contributed by atoms with Gasteiger partial charge in [0.1, 0.15) is 11.9 Å². The van der Waals surface area contributed by atoms with Crippen LogP contribution in [0.5, 0.6) is 0 Å². The summed E-state index contributed by atoms with van der Waals surface area (Å²) in [6.45, 7) is 4.30. The molecule has 0 saturated carbocycles. The Morgan fingerprint density at radius 3 is 2.75 bits per heavy atom. The molecule has 0 bridgehead atoms. The van der Waals surface area contributed by atoms with Gasteiger partial charge < -0.3 is 10.6 Å². The van der Waals surface area contributed by atoms with Gasteiger partial charge in [-0.1, -0.05) is 12.1 Å². The third kappa shape index (κ3) is 3.32. The van der Waals surface area contributed by atoms with Crippen LogP contribution in [0.15, 0.2) is 48.8 Å². The van der Waals surface area contributed by atoms with Gasteiger partial charge in [0.05, 0.1) is 5.52 Å². The van der Waals surface area contributed by atoms with Gasteiger partial charge in [-0.3, -0.25) is 9.78 Å². The molecule has 0 aliphatic heterocycles. The number of hydrogen-bond donors (Lipinski definition) is 2. The Bertz CT molecular complexity index is 850. The van der Waals surface area contributed by atoms with Crippen molar-refractivity contribution < 1.29 is 4.79 Å². The molecule has 6 heteroatoms. The Kier molecular flexibility index (Phi) is 4.65. The van der Waals surface area contributed by atoms with E-state index in [-0.39, 0.29) is 5.91 Å². The number of likely N-dealkylation sites (N-methyl/N-ethyl adjacent to an activating group) is 1. The summed E-state index contributed by atoms with van der Waals surface area (Å²) in [5.41, 5.74) is 1.65. The molecule has 0 fully saturated rings. The number of benzene rings is 1. The van der Waals surface area contributed by atoms with E-state index in [0.717, 1.165) is 16.5 Å². The molecule has 2 heterocycles. The monoisotopic (exact) mass is 321 g/mol. The van der Waals surface area contributed by atoms with Crippen LogP contribution in [0, 0.1) is 0 Å². The molecule has 0 aliphatic carbocycles. The molecule has 122 valence electrons. The number of rotatable bonds is 5. The first-order chi connectivity index (χ1) is 11.7. The Balaban J connectivity index is 2.03. The van der Waals surface area contributed by atoms with Crippen LogP contribution in [0.4, 0.5) is 5.82 Å². The van der Waals surface area contributed by atoms with E-state index in [0.29, 0.717) is 18.2 Å². The summed E-state index contributed by atoms with van der Waals surface area (Å²) < 4.78 is 0. The molecule has 0 radical (unpaired) electrons. The van der Waals surface area contributed by atoms with Crippen molar-refractivity contribution in [3.8, 4) is 11.4 Å². The molecule has 6 nitrogen and oxygen atoms in total. The second-order valence-electron chi connectivity index (χ2n) is 5.42. The zero-order chi connectivity index (χ0) is 16.9. The maximum absolute atomic E-state index is 12.0. The number of para-hydroxylation sites is 1. The first-order valence-corrected chi connectivity index (χ1v) is 7.90. The van der Waals surface area contributed by atoms with Crippen molar-refractivity contribution in [2.24, 2.45) is 0 Å². The predicted octanol–water partition coefficient (Wildman–Crippen LogP) is 2.63. The number of amides is 1. The van der Waals surface area contributed by atoms with E-state index < -0.39 is 6.04 Å². The van der Waals surface area contributed by atoms with E-state index in [1.807, 2.05) is 50.2 Å². The highest BCUT2D eigenvalue weighted by molar-refractivity contribution is 5.93. The predicted molar refractivity (Wildman–Crippen MR) is 94.5 cm³/mol. The number of nitrogens with zero attached hydrogens (tertiary/aromatic N) is 3. The number of carbonyl (C=O) groups is 1. The minimum Gasteiger partial charge on any atom is -0.358 e. The highest BCUT2D eigenvalue weighted by atomic mass is 16.2. The largest absolute Gasteiger partial charge is 0.358 e. The number of hydrogen-bond acceptors (Lipinski definition) is 5. The lowest BCUT2D eigenvalue weighted by atomic mass is 10.2. The van der Waals surface area contributed by atoms with Gasteiger partial charge in [0.2, 0.25) is 5.91 Å². The van der Waals surface area contributed by atoms with E-state index >= 15 is 0 Å². The van der Waals surface area contributed by atoms with Crippen LogP contribution in [0.25, 0.3) is 22.3 Å². The van der Waals surface area contributed by atoms with E-state index in [2.05, 4.69) is 25.6 Å². The molecule has 2 aromatic heterocycles. The van der Waals surface area contributed by atoms with Crippen LogP contribution < -0.4 is 10.6 Å². The topological polar surface area (TPSA) is 79.8 Å². The number of aromatic nitrogens is 3. The number of fused-ring (bicyclic) bond motifs is 1. The lowest BCUT2D eigenvalue weighted by Gasteiger charge is -2.16. The third-order valence-electron chi connectivity index (χ3n) is 3.62. The Labute approximate surface area is 140 Å². The summed E-state index contributed by atoms with van der Waals surface area (Å²) in [4.78, 5) is 25.3. The lowest BCUT2D eigenvalue weighted by molar-refractivity contribution is -0.121. The van der Waals surface area contributed by atoms with Crippen molar-refractivity contribution in [3.05, 3.63) is 48.8 Å². The van der Waals surface area contributed by atoms with Gasteiger partial charge in [0, 0.05) is 29.9 Å². The lowest BCUT2D eigenvalue weighted by Crippen LogP contribution is -2.37. The van der Waals surface area contributed by atoms with Crippen molar-refractivity contribution in [2.45, 2.75) is 19.9 Å². The highest BCUT2D eigenvalue weighted by Gasteiger charge is 2.15. The van der Waals surface area contributed by atoms with E-state index in [1.54, 1.807) is 12.4 Å². The summed E-state index contributed by atoms with van der Waals surface area (Å²) in [6.07, 6.45) is 3.43. The number of nitrogens with one attached hydrogen (secondary N) is 2. The fourth-order valence-electron chi connectivity index (χ4n) is 2.41. The summed E-state index contributed by atoms with van der Waals surface area (Å²) in [6, 6.07) is 11.1. The van der Waals surface area contributed by atoms with Gasteiger partial charge in [0.15, 0.2) is 5.82 Å². The SMILES string of the molecule is CCNC(=O)[C@@H](C)Nc1nc(-c2cccnc2)nc2ccccc12. The number of anilines is 1. The molecule has 1 aromatic carbocycles. The van der Waals surface area contributed by atoms with Crippen molar-refractivity contribution in [1.29, 1.82) is 0 Å². The normalized spacial score (nSPS) is 11.9. The van der Waals surface area contributed by atoms with Crippen LogP contribution in [-0.4, -0.2) is 33.4 Å². The first kappa shape index (κ1) is 15.9. The van der Waals surface area contributed by atoms with Crippen molar-refractivity contribution in [1.82, 2.24) is 20.3 Å². The summed E-state index contributed by atoms with van der Waals surface area (Å²) in [5.74, 6) is 1.15. The summed E-state index contributed by atoms with van der Waals surface area (Å²) in [7, 11) is 0. The van der Waals surface area contributed by atoms with Gasteiger partial charge in [-0.15, -0.1) is 0 Å². The van der Waals surface area contributed by atoms with Gasteiger partial charge in [-0.2, -0.15) is 0 Å². The molecular weight excluding hydrogens is 302 g/mol. The quantitative estimate of drug-likeness (QED) is 0.755. The van der Waals surface area contributed by atoms with Gasteiger partial charge in [-0.05, 0) is 38.1 Å². The molecule has 0 unspecified atom stereocenters. The average molecular weight is 321 g/mol. The molecule has 24 heavy (non-hydrogen) atoms. The van der Waals surface area contributed by atoms with Crippen LogP contribution >= 0.6 is 0 Å². The molecule has 1 amide bonds. The highest BCUT2D eigenvalue weighted by Crippen LogP contribution is 2.24. The fraction of sp³-hybridized carbons (Fsp3) is 0.222. The zero-order valence-electron chi connectivity index (χ0n) is 13.7.